The number of hydrogen-bond acceptors (Lipinski definition) is 4. The summed E-state index contributed by atoms with van der Waals surface area (Å²) in [7, 11) is 1.73. The largest absolute Gasteiger partial charge is 0.359 e. The van der Waals surface area contributed by atoms with Gasteiger partial charge in [0.1, 0.15) is 0 Å². The lowest BCUT2D eigenvalue weighted by Crippen LogP contribution is -2.36. The van der Waals surface area contributed by atoms with Gasteiger partial charge < -0.3 is 20.1 Å². The van der Waals surface area contributed by atoms with E-state index in [0.717, 1.165) is 35.7 Å². The molecule has 1 aromatic heterocycles. The molecule has 1 saturated heterocycles. The molecule has 8 heteroatoms. The number of nitrogens with one attached hydrogen (secondary N) is 2. The molecule has 0 atom stereocenters. The summed E-state index contributed by atoms with van der Waals surface area (Å²) in [5, 5.41) is 10.6. The van der Waals surface area contributed by atoms with Crippen LogP contribution in [0.5, 0.6) is 0 Å². The molecule has 152 valence electrons. The van der Waals surface area contributed by atoms with E-state index in [9.17, 15) is 4.79 Å². The molecule has 1 amide bonds. The van der Waals surface area contributed by atoms with Gasteiger partial charge in [0.25, 0.3) is 0 Å². The van der Waals surface area contributed by atoms with E-state index in [2.05, 4.69) is 34.6 Å². The van der Waals surface area contributed by atoms with Crippen LogP contribution in [0.3, 0.4) is 0 Å². The van der Waals surface area contributed by atoms with Crippen LogP contribution in [0.1, 0.15) is 49.6 Å². The highest BCUT2D eigenvalue weighted by atomic mass is 127. The molecule has 0 spiro atoms. The summed E-state index contributed by atoms with van der Waals surface area (Å²) in [6.07, 6.45) is 1.59. The van der Waals surface area contributed by atoms with Crippen molar-refractivity contribution >= 4 is 41.5 Å². The summed E-state index contributed by atoms with van der Waals surface area (Å²) in [6.45, 7) is 6.14. The number of nitrogens with zero attached hydrogens (tertiary/aromatic N) is 3. The van der Waals surface area contributed by atoms with E-state index in [1.54, 1.807) is 7.05 Å². The van der Waals surface area contributed by atoms with Crippen LogP contribution in [0.4, 0.5) is 5.69 Å². The fourth-order valence-electron chi connectivity index (χ4n) is 2.98. The second-order valence-corrected chi connectivity index (χ2v) is 6.97. The van der Waals surface area contributed by atoms with Crippen molar-refractivity contribution in [1.82, 2.24) is 15.8 Å². The van der Waals surface area contributed by atoms with E-state index >= 15 is 0 Å². The molecular formula is C20H28IN5O2. The van der Waals surface area contributed by atoms with Gasteiger partial charge in [0, 0.05) is 38.3 Å². The number of aromatic nitrogens is 1. The molecule has 0 bridgehead atoms. The molecule has 2 aromatic rings. The van der Waals surface area contributed by atoms with Crippen molar-refractivity contribution in [2.75, 3.05) is 18.5 Å². The number of hydrogen-bond donors (Lipinski definition) is 2. The normalized spacial score (nSPS) is 14.4. The van der Waals surface area contributed by atoms with Gasteiger partial charge >= 0.3 is 0 Å². The van der Waals surface area contributed by atoms with Crippen LogP contribution in [0.2, 0.25) is 0 Å². The summed E-state index contributed by atoms with van der Waals surface area (Å²) in [6, 6.07) is 10.0. The lowest BCUT2D eigenvalue weighted by molar-refractivity contribution is -0.117. The van der Waals surface area contributed by atoms with E-state index in [-0.39, 0.29) is 29.9 Å². The minimum absolute atomic E-state index is 0. The van der Waals surface area contributed by atoms with Crippen LogP contribution in [-0.4, -0.2) is 30.6 Å². The molecule has 3 rings (SSSR count). The lowest BCUT2D eigenvalue weighted by Gasteiger charge is -2.16. The predicted molar refractivity (Wildman–Crippen MR) is 121 cm³/mol. The van der Waals surface area contributed by atoms with Crippen LogP contribution >= 0.6 is 24.0 Å². The van der Waals surface area contributed by atoms with Crippen LogP contribution < -0.4 is 15.5 Å². The molecule has 1 aliphatic heterocycles. The molecule has 0 unspecified atom stereocenters. The molecule has 1 aromatic carbocycles. The van der Waals surface area contributed by atoms with Gasteiger partial charge in [0.05, 0.1) is 12.2 Å². The quantitative estimate of drug-likeness (QED) is 0.363. The van der Waals surface area contributed by atoms with Crippen molar-refractivity contribution in [1.29, 1.82) is 0 Å². The van der Waals surface area contributed by atoms with Crippen LogP contribution in [-0.2, 0) is 17.9 Å². The first-order chi connectivity index (χ1) is 13.1. The third-order valence-corrected chi connectivity index (χ3v) is 4.60. The van der Waals surface area contributed by atoms with Crippen molar-refractivity contribution in [3.05, 3.63) is 47.3 Å². The van der Waals surface area contributed by atoms with E-state index in [1.165, 1.54) is 0 Å². The standard InChI is InChI=1S/C20H27N5O2.HI/c1-14(2)18-11-17(27-24-18)13-23-20(21-3)22-12-15-6-8-16(9-7-15)25-10-4-5-19(25)26;/h6-9,11,14H,4-5,10,12-13H2,1-3H3,(H2,21,22,23);1H. The molecular weight excluding hydrogens is 469 g/mol. The van der Waals surface area contributed by atoms with Crippen molar-refractivity contribution in [3.8, 4) is 0 Å². The number of carbonyl (C=O) groups is 1. The van der Waals surface area contributed by atoms with E-state index in [4.69, 9.17) is 4.52 Å². The maximum absolute atomic E-state index is 11.8. The summed E-state index contributed by atoms with van der Waals surface area (Å²) < 4.78 is 5.33. The number of aliphatic imine (C=N–C) groups is 1. The Morgan fingerprint density at radius 2 is 1.96 bits per heavy atom. The van der Waals surface area contributed by atoms with Gasteiger partial charge in [-0.2, -0.15) is 0 Å². The summed E-state index contributed by atoms with van der Waals surface area (Å²) in [4.78, 5) is 17.9. The van der Waals surface area contributed by atoms with Gasteiger partial charge in [-0.05, 0) is 30.0 Å². The summed E-state index contributed by atoms with van der Waals surface area (Å²) in [5.74, 6) is 2.02. The number of amides is 1. The molecule has 2 heterocycles. The zero-order valence-electron chi connectivity index (χ0n) is 16.6. The van der Waals surface area contributed by atoms with Crippen LogP contribution in [0.15, 0.2) is 39.8 Å². The van der Waals surface area contributed by atoms with Crippen molar-refractivity contribution in [3.63, 3.8) is 0 Å². The van der Waals surface area contributed by atoms with E-state index in [1.807, 2.05) is 35.2 Å². The van der Waals surface area contributed by atoms with Gasteiger partial charge in [-0.1, -0.05) is 31.1 Å². The number of halogens is 1. The second kappa shape index (κ2) is 10.4. The van der Waals surface area contributed by atoms with Gasteiger partial charge in [0.15, 0.2) is 11.7 Å². The number of benzene rings is 1. The van der Waals surface area contributed by atoms with Gasteiger partial charge in [-0.3, -0.25) is 9.79 Å². The zero-order chi connectivity index (χ0) is 19.2. The number of guanidine groups is 1. The van der Waals surface area contributed by atoms with Crippen LogP contribution in [0.25, 0.3) is 0 Å². The minimum Gasteiger partial charge on any atom is -0.359 e. The zero-order valence-corrected chi connectivity index (χ0v) is 18.9. The molecule has 7 nitrogen and oxygen atoms in total. The monoisotopic (exact) mass is 497 g/mol. The molecule has 2 N–H and O–H groups in total. The molecule has 1 fully saturated rings. The first kappa shape index (κ1) is 22.2. The molecule has 0 saturated carbocycles. The van der Waals surface area contributed by atoms with Gasteiger partial charge in [-0.15, -0.1) is 24.0 Å². The molecule has 0 radical (unpaired) electrons. The third kappa shape index (κ3) is 5.70. The average Bonchev–Trinajstić information content (AvgIpc) is 3.31. The Bertz CT molecular complexity index is 801. The second-order valence-electron chi connectivity index (χ2n) is 6.97. The Morgan fingerprint density at radius 1 is 1.25 bits per heavy atom. The summed E-state index contributed by atoms with van der Waals surface area (Å²) in [5.41, 5.74) is 3.04. The van der Waals surface area contributed by atoms with Gasteiger partial charge in [0.2, 0.25) is 5.91 Å². The maximum atomic E-state index is 11.8. The highest BCUT2D eigenvalue weighted by Gasteiger charge is 2.21. The SMILES string of the molecule is CN=C(NCc1ccc(N2CCCC2=O)cc1)NCc1cc(C(C)C)no1.I. The molecule has 1 aliphatic rings. The van der Waals surface area contributed by atoms with Crippen molar-refractivity contribution in [2.24, 2.45) is 4.99 Å². The first-order valence-corrected chi connectivity index (χ1v) is 9.36. The maximum Gasteiger partial charge on any atom is 0.227 e. The Hall–Kier alpha value is -2.10. The number of anilines is 1. The van der Waals surface area contributed by atoms with Gasteiger partial charge in [-0.25, -0.2) is 0 Å². The number of rotatable bonds is 6. The van der Waals surface area contributed by atoms with E-state index in [0.29, 0.717) is 31.4 Å². The Labute approximate surface area is 183 Å². The fourth-order valence-corrected chi connectivity index (χ4v) is 2.98. The Balaban J connectivity index is 0.00000280. The minimum atomic E-state index is 0. The summed E-state index contributed by atoms with van der Waals surface area (Å²) >= 11 is 0. The average molecular weight is 497 g/mol. The number of carbonyl (C=O) groups excluding carboxylic acids is 1. The topological polar surface area (TPSA) is 82.8 Å². The predicted octanol–water partition coefficient (Wildman–Crippen LogP) is 3.41. The fraction of sp³-hybridized carbons (Fsp3) is 0.450. The van der Waals surface area contributed by atoms with E-state index < -0.39 is 0 Å². The third-order valence-electron chi connectivity index (χ3n) is 4.60. The van der Waals surface area contributed by atoms with Crippen molar-refractivity contribution in [2.45, 2.75) is 45.7 Å². The Kier molecular flexibility index (Phi) is 8.28. The molecule has 0 aliphatic carbocycles. The highest BCUT2D eigenvalue weighted by Crippen LogP contribution is 2.21. The highest BCUT2D eigenvalue weighted by molar-refractivity contribution is 14.0. The molecule has 28 heavy (non-hydrogen) atoms. The first-order valence-electron chi connectivity index (χ1n) is 9.36. The smallest absolute Gasteiger partial charge is 0.227 e. The Morgan fingerprint density at radius 3 is 2.54 bits per heavy atom. The van der Waals surface area contributed by atoms with Crippen molar-refractivity contribution < 1.29 is 9.32 Å². The lowest BCUT2D eigenvalue weighted by atomic mass is 10.1. The van der Waals surface area contributed by atoms with Crippen LogP contribution in [0, 0.1) is 0 Å².